The Morgan fingerprint density at radius 1 is 1.45 bits per heavy atom. The predicted molar refractivity (Wildman–Crippen MR) is 80.3 cm³/mol. The molecule has 1 aliphatic rings. The van der Waals surface area contributed by atoms with Crippen LogP contribution < -0.4 is 10.5 Å². The Hall–Kier alpha value is -0.660. The number of sulfonamides is 1. The number of hydrogen-bond donors (Lipinski definition) is 2. The third kappa shape index (κ3) is 2.99. The lowest BCUT2D eigenvalue weighted by atomic mass is 9.88. The van der Waals surface area contributed by atoms with Crippen LogP contribution in [0.3, 0.4) is 0 Å². The van der Waals surface area contributed by atoms with Gasteiger partial charge >= 0.3 is 0 Å². The third-order valence-electron chi connectivity index (χ3n) is 3.90. The maximum atomic E-state index is 13.3. The normalized spacial score (nSPS) is 22.1. The Labute approximate surface area is 127 Å². The predicted octanol–water partition coefficient (Wildman–Crippen LogP) is 3.03. The lowest BCUT2D eigenvalue weighted by Crippen LogP contribution is -2.41. The fourth-order valence-corrected chi connectivity index (χ4v) is 5.04. The van der Waals surface area contributed by atoms with E-state index >= 15 is 0 Å². The van der Waals surface area contributed by atoms with Gasteiger partial charge in [0.1, 0.15) is 5.82 Å². The zero-order valence-electron chi connectivity index (χ0n) is 11.4. The standard InChI is InChI=1S/C13H18BrFN2O2S/c1-13(2)5-3-4-12(13)17-20(18,19)11-7-10(16)9(15)6-8(11)14/h6-7,12,17H,3-5,16H2,1-2H3. The van der Waals surface area contributed by atoms with Crippen LogP contribution in [0.2, 0.25) is 0 Å². The molecule has 0 amide bonds. The Bertz CT molecular complexity index is 632. The minimum Gasteiger partial charge on any atom is -0.396 e. The molecule has 112 valence electrons. The van der Waals surface area contributed by atoms with Crippen LogP contribution in [0, 0.1) is 11.2 Å². The van der Waals surface area contributed by atoms with Gasteiger partial charge in [-0.3, -0.25) is 0 Å². The van der Waals surface area contributed by atoms with E-state index in [2.05, 4.69) is 20.7 Å². The lowest BCUT2D eigenvalue weighted by Gasteiger charge is -2.27. The first-order chi connectivity index (χ1) is 9.13. The van der Waals surface area contributed by atoms with Gasteiger partial charge in [-0.1, -0.05) is 20.3 Å². The summed E-state index contributed by atoms with van der Waals surface area (Å²) in [6, 6.07) is 2.10. The van der Waals surface area contributed by atoms with E-state index in [1.54, 1.807) is 0 Å². The molecular weight excluding hydrogens is 347 g/mol. The molecule has 2 rings (SSSR count). The first-order valence-corrected chi connectivity index (χ1v) is 8.68. The zero-order valence-corrected chi connectivity index (χ0v) is 13.8. The van der Waals surface area contributed by atoms with Gasteiger partial charge in [0.25, 0.3) is 0 Å². The van der Waals surface area contributed by atoms with Crippen LogP contribution in [0.1, 0.15) is 33.1 Å². The summed E-state index contributed by atoms with van der Waals surface area (Å²) in [6.45, 7) is 4.09. The second-order valence-corrected chi connectivity index (χ2v) is 8.40. The molecular formula is C13H18BrFN2O2S. The van der Waals surface area contributed by atoms with Gasteiger partial charge in [-0.2, -0.15) is 0 Å². The van der Waals surface area contributed by atoms with Crippen LogP contribution in [0.5, 0.6) is 0 Å². The van der Waals surface area contributed by atoms with Gasteiger partial charge in [0.15, 0.2) is 0 Å². The van der Waals surface area contributed by atoms with Crippen molar-refractivity contribution in [2.75, 3.05) is 5.73 Å². The SMILES string of the molecule is CC1(C)CCCC1NS(=O)(=O)c1cc(N)c(F)cc1Br. The van der Waals surface area contributed by atoms with Crippen LogP contribution >= 0.6 is 15.9 Å². The van der Waals surface area contributed by atoms with Gasteiger partial charge in [-0.05, 0) is 46.3 Å². The molecule has 1 aromatic rings. The summed E-state index contributed by atoms with van der Waals surface area (Å²) in [6.07, 6.45) is 2.78. The monoisotopic (exact) mass is 364 g/mol. The van der Waals surface area contributed by atoms with E-state index in [1.165, 1.54) is 0 Å². The van der Waals surface area contributed by atoms with E-state index in [0.29, 0.717) is 0 Å². The van der Waals surface area contributed by atoms with E-state index in [9.17, 15) is 12.8 Å². The number of rotatable bonds is 3. The highest BCUT2D eigenvalue weighted by molar-refractivity contribution is 9.10. The topological polar surface area (TPSA) is 72.2 Å². The van der Waals surface area contributed by atoms with Crippen molar-refractivity contribution < 1.29 is 12.8 Å². The van der Waals surface area contributed by atoms with Crippen molar-refractivity contribution in [3.8, 4) is 0 Å². The summed E-state index contributed by atoms with van der Waals surface area (Å²) in [5.41, 5.74) is 5.20. The Morgan fingerprint density at radius 3 is 2.65 bits per heavy atom. The summed E-state index contributed by atoms with van der Waals surface area (Å²) >= 11 is 3.08. The van der Waals surface area contributed by atoms with E-state index in [1.807, 2.05) is 13.8 Å². The van der Waals surface area contributed by atoms with Gasteiger partial charge in [0, 0.05) is 10.5 Å². The molecule has 20 heavy (non-hydrogen) atoms. The first-order valence-electron chi connectivity index (χ1n) is 6.40. The molecule has 0 aromatic heterocycles. The van der Waals surface area contributed by atoms with Crippen molar-refractivity contribution in [3.05, 3.63) is 22.4 Å². The molecule has 0 spiro atoms. The van der Waals surface area contributed by atoms with Crippen LogP contribution in [0.15, 0.2) is 21.5 Å². The highest BCUT2D eigenvalue weighted by Gasteiger charge is 2.37. The summed E-state index contributed by atoms with van der Waals surface area (Å²) < 4.78 is 41.1. The molecule has 3 N–H and O–H groups in total. The van der Waals surface area contributed by atoms with Gasteiger partial charge in [-0.15, -0.1) is 0 Å². The molecule has 1 unspecified atom stereocenters. The van der Waals surface area contributed by atoms with Crippen LogP contribution in [0.25, 0.3) is 0 Å². The molecule has 0 saturated heterocycles. The van der Waals surface area contributed by atoms with Crippen molar-refractivity contribution in [1.29, 1.82) is 0 Å². The number of halogens is 2. The number of hydrogen-bond acceptors (Lipinski definition) is 3. The van der Waals surface area contributed by atoms with E-state index in [4.69, 9.17) is 5.73 Å². The quantitative estimate of drug-likeness (QED) is 0.809. The highest BCUT2D eigenvalue weighted by Crippen LogP contribution is 2.38. The Balaban J connectivity index is 2.34. The summed E-state index contributed by atoms with van der Waals surface area (Å²) in [5.74, 6) is -0.642. The molecule has 0 radical (unpaired) electrons. The molecule has 1 aromatic carbocycles. The van der Waals surface area contributed by atoms with E-state index in [-0.39, 0.29) is 26.5 Å². The largest absolute Gasteiger partial charge is 0.396 e. The maximum absolute atomic E-state index is 13.3. The van der Waals surface area contributed by atoms with Gasteiger partial charge < -0.3 is 5.73 Å². The molecule has 7 heteroatoms. The van der Waals surface area contributed by atoms with Crippen LogP contribution in [-0.4, -0.2) is 14.5 Å². The number of nitrogens with one attached hydrogen (secondary N) is 1. The molecule has 1 aliphatic carbocycles. The highest BCUT2D eigenvalue weighted by atomic mass is 79.9. The van der Waals surface area contributed by atoms with Crippen molar-refractivity contribution in [1.82, 2.24) is 4.72 Å². The van der Waals surface area contributed by atoms with Crippen LogP contribution in [0.4, 0.5) is 10.1 Å². The molecule has 1 atom stereocenters. The Morgan fingerprint density at radius 2 is 2.10 bits per heavy atom. The average Bonchev–Trinajstić information content (AvgIpc) is 2.62. The number of benzene rings is 1. The molecule has 0 aliphatic heterocycles. The molecule has 0 bridgehead atoms. The second-order valence-electron chi connectivity index (χ2n) is 5.86. The molecule has 4 nitrogen and oxygen atoms in total. The summed E-state index contributed by atoms with van der Waals surface area (Å²) in [5, 5.41) is 0. The lowest BCUT2D eigenvalue weighted by molar-refractivity contribution is 0.313. The smallest absolute Gasteiger partial charge is 0.242 e. The second kappa shape index (κ2) is 5.27. The maximum Gasteiger partial charge on any atom is 0.242 e. The van der Waals surface area contributed by atoms with E-state index < -0.39 is 15.8 Å². The molecule has 1 saturated carbocycles. The summed E-state index contributed by atoms with van der Waals surface area (Å²) in [7, 11) is -3.73. The minimum atomic E-state index is -3.73. The first kappa shape index (κ1) is 15.7. The van der Waals surface area contributed by atoms with E-state index in [0.717, 1.165) is 31.4 Å². The van der Waals surface area contributed by atoms with Crippen molar-refractivity contribution in [2.45, 2.75) is 44.0 Å². The van der Waals surface area contributed by atoms with Crippen molar-refractivity contribution in [2.24, 2.45) is 5.41 Å². The van der Waals surface area contributed by atoms with Crippen molar-refractivity contribution >= 4 is 31.6 Å². The molecule has 0 heterocycles. The van der Waals surface area contributed by atoms with Crippen molar-refractivity contribution in [3.63, 3.8) is 0 Å². The van der Waals surface area contributed by atoms with Gasteiger partial charge in [0.2, 0.25) is 10.0 Å². The minimum absolute atomic E-state index is 0.0286. The van der Waals surface area contributed by atoms with Gasteiger partial charge in [0.05, 0.1) is 10.6 Å². The Kier molecular flexibility index (Phi) is 4.15. The number of nitrogen functional groups attached to an aromatic ring is 1. The van der Waals surface area contributed by atoms with Gasteiger partial charge in [-0.25, -0.2) is 17.5 Å². The third-order valence-corrected chi connectivity index (χ3v) is 6.33. The number of anilines is 1. The zero-order chi connectivity index (χ0) is 15.1. The molecule has 1 fully saturated rings. The average molecular weight is 365 g/mol. The fourth-order valence-electron chi connectivity index (χ4n) is 2.55. The summed E-state index contributed by atoms with van der Waals surface area (Å²) in [4.78, 5) is -0.0286. The van der Waals surface area contributed by atoms with Crippen LogP contribution in [-0.2, 0) is 10.0 Å². The number of nitrogens with two attached hydrogens (primary N) is 1. The fraction of sp³-hybridized carbons (Fsp3) is 0.538.